The molecule has 15 rings (SSSR count). The highest BCUT2D eigenvalue weighted by molar-refractivity contribution is 6.06. The molecule has 0 saturated heterocycles. The van der Waals surface area contributed by atoms with Crippen LogP contribution >= 0.6 is 0 Å². The molecular weight excluding hydrogens is 1210 g/mol. The first-order valence-electron chi connectivity index (χ1n) is 34.2. The van der Waals surface area contributed by atoms with Crippen LogP contribution in [-0.2, 0) is 4.74 Å². The van der Waals surface area contributed by atoms with Gasteiger partial charge in [-0.2, -0.15) is 0 Å². The van der Waals surface area contributed by atoms with Gasteiger partial charge >= 0.3 is 0 Å². The Morgan fingerprint density at radius 2 is 0.400 bits per heavy atom. The monoisotopic (exact) mass is 1280 g/mol. The molecule has 0 N–H and O–H groups in total. The minimum Gasteiger partial charge on any atom is -0.458 e. The lowest BCUT2D eigenvalue weighted by Gasteiger charge is -2.25. The predicted molar refractivity (Wildman–Crippen MR) is 422 cm³/mol. The van der Waals surface area contributed by atoms with Crippen LogP contribution in [0.3, 0.4) is 0 Å². The van der Waals surface area contributed by atoms with E-state index in [0.29, 0.717) is 0 Å². The average Bonchev–Trinajstić information content (AvgIpc) is 0.792. The van der Waals surface area contributed by atoms with E-state index < -0.39 is 0 Å². The molecule has 0 atom stereocenters. The van der Waals surface area contributed by atoms with Crippen molar-refractivity contribution < 1.29 is 4.74 Å². The van der Waals surface area contributed by atoms with Crippen LogP contribution in [0.25, 0.3) is 56.7 Å². The lowest BCUT2D eigenvalue weighted by Crippen LogP contribution is -2.09. The summed E-state index contributed by atoms with van der Waals surface area (Å²) in [5.74, 6) is 1.62. The Bertz CT molecular complexity index is 4790. The molecule has 100 heavy (non-hydrogen) atoms. The van der Waals surface area contributed by atoms with Crippen molar-refractivity contribution >= 4 is 68.6 Å². The number of hydrogen-bond acceptors (Lipinski definition) is 3. The lowest BCUT2D eigenvalue weighted by atomic mass is 9.85. The van der Waals surface area contributed by atoms with E-state index in [4.69, 9.17) is 4.74 Å². The van der Waals surface area contributed by atoms with Gasteiger partial charge in [0.05, 0.1) is 0 Å². The van der Waals surface area contributed by atoms with Gasteiger partial charge in [-0.1, -0.05) is 328 Å². The molecule has 0 spiro atoms. The molecule has 0 aromatic heterocycles. The maximum absolute atomic E-state index is 6.45. The van der Waals surface area contributed by atoms with Gasteiger partial charge in [-0.15, -0.1) is 0 Å². The number of hydrogen-bond donors (Lipinski definition) is 0. The Balaban J connectivity index is 0.609. The second kappa shape index (κ2) is 30.3. The van der Waals surface area contributed by atoms with Gasteiger partial charge in [-0.25, -0.2) is 0 Å². The summed E-state index contributed by atoms with van der Waals surface area (Å²) in [6, 6.07) is 139. The van der Waals surface area contributed by atoms with Crippen LogP contribution in [0.2, 0.25) is 0 Å². The third kappa shape index (κ3) is 14.5. The summed E-state index contributed by atoms with van der Waals surface area (Å²) >= 11 is 0. The fourth-order valence-corrected chi connectivity index (χ4v) is 13.3. The van der Waals surface area contributed by atoms with Crippen molar-refractivity contribution in [2.24, 2.45) is 0 Å². The van der Waals surface area contributed by atoms with E-state index in [0.717, 1.165) is 96.6 Å². The van der Waals surface area contributed by atoms with Crippen molar-refractivity contribution in [1.29, 1.82) is 0 Å². The molecule has 14 aromatic carbocycles. The van der Waals surface area contributed by atoms with E-state index >= 15 is 0 Å². The second-order valence-corrected chi connectivity index (χ2v) is 24.7. The highest BCUT2D eigenvalue weighted by Crippen LogP contribution is 2.42. The zero-order valence-electron chi connectivity index (χ0n) is 55.4. The standard InChI is InChI=1S/C97H72N2O/c1-9-26-78(27-10-1)94(79-28-11-2-12-29-79)96(82-34-17-5-18-35-82)84-54-50-74(51-55-84)76-58-66-90(67-59-76)98(86-38-21-7-22-39-86)88-62-44-72(45-63-88)48-70-92-42-25-43-93(100-92)71-49-73-46-64-89(65-47-73)99(87-40-23-8-24-41-87)91-68-60-77(61-69-91)75-52-56-85(57-53-75)97(83-36-19-6-20-37-83)95(80-30-13-3-14-31-80)81-32-15-4-16-33-81/h1-24,26-71H,25H2/b70-48+,71-49+. The fourth-order valence-electron chi connectivity index (χ4n) is 13.3. The molecule has 0 amide bonds. The summed E-state index contributed by atoms with van der Waals surface area (Å²) in [5, 5.41) is 0. The molecule has 1 aliphatic heterocycles. The molecule has 0 saturated carbocycles. The van der Waals surface area contributed by atoms with Crippen LogP contribution in [-0.4, -0.2) is 0 Å². The Morgan fingerprint density at radius 1 is 0.200 bits per heavy atom. The minimum atomic E-state index is 0.775. The number of nitrogens with zero attached hydrogens (tertiary/aromatic N) is 2. The largest absolute Gasteiger partial charge is 0.458 e. The van der Waals surface area contributed by atoms with E-state index in [1.54, 1.807) is 0 Å². The van der Waals surface area contributed by atoms with Crippen LogP contribution in [0.1, 0.15) is 62.1 Å². The molecule has 0 aliphatic carbocycles. The number of rotatable bonds is 20. The molecule has 14 aromatic rings. The SMILES string of the molecule is C1=C(/C=C/c2ccc(N(c3ccccc3)c3ccc(-c4ccc(C(=C(c5ccccc5)c5ccccc5)c5ccccc5)cc4)cc3)cc2)OC(/C=C/c2ccc(N(c3ccccc3)c3ccc(-c4ccc(C(=C(c5ccccc5)c5ccccc5)c5ccccc5)cc4)cc3)cc2)=CC1. The summed E-state index contributed by atoms with van der Waals surface area (Å²) in [6.07, 6.45) is 13.4. The fraction of sp³-hybridized carbons (Fsp3) is 0.0103. The van der Waals surface area contributed by atoms with Gasteiger partial charge in [-0.3, -0.25) is 0 Å². The molecule has 0 bridgehead atoms. The maximum atomic E-state index is 6.45. The van der Waals surface area contributed by atoms with Crippen molar-refractivity contribution in [3.63, 3.8) is 0 Å². The number of ether oxygens (including phenoxy) is 1. The quantitative estimate of drug-likeness (QED) is 0.0708. The first kappa shape index (κ1) is 63.0. The van der Waals surface area contributed by atoms with Gasteiger partial charge in [0, 0.05) is 34.1 Å². The number of benzene rings is 14. The Labute approximate surface area is 587 Å². The van der Waals surface area contributed by atoms with E-state index in [2.05, 4.69) is 435 Å². The summed E-state index contributed by atoms with van der Waals surface area (Å²) < 4.78 is 6.45. The summed E-state index contributed by atoms with van der Waals surface area (Å²) in [6.45, 7) is 0. The van der Waals surface area contributed by atoms with Crippen LogP contribution in [0.15, 0.2) is 424 Å². The average molecular weight is 1280 g/mol. The summed E-state index contributed by atoms with van der Waals surface area (Å²) in [7, 11) is 0. The number of anilines is 6. The zero-order chi connectivity index (χ0) is 67.1. The predicted octanol–water partition coefficient (Wildman–Crippen LogP) is 25.9. The van der Waals surface area contributed by atoms with Gasteiger partial charge in [-0.05, 0) is 204 Å². The van der Waals surface area contributed by atoms with Crippen molar-refractivity contribution in [1.82, 2.24) is 0 Å². The second-order valence-electron chi connectivity index (χ2n) is 24.7. The maximum Gasteiger partial charge on any atom is 0.123 e. The Kier molecular flexibility index (Phi) is 19.1. The summed E-state index contributed by atoms with van der Waals surface area (Å²) in [4.78, 5) is 4.62. The van der Waals surface area contributed by atoms with Gasteiger partial charge in [0.2, 0.25) is 0 Å². The topological polar surface area (TPSA) is 15.7 Å². The molecule has 1 heterocycles. The first-order valence-corrected chi connectivity index (χ1v) is 34.2. The van der Waals surface area contributed by atoms with Crippen molar-refractivity contribution in [2.75, 3.05) is 9.80 Å². The van der Waals surface area contributed by atoms with Crippen molar-refractivity contribution in [2.45, 2.75) is 6.42 Å². The Morgan fingerprint density at radius 3 is 0.650 bits per heavy atom. The highest BCUT2D eigenvalue weighted by atomic mass is 16.5. The molecular formula is C97H72N2O. The highest BCUT2D eigenvalue weighted by Gasteiger charge is 2.20. The number of allylic oxidation sites excluding steroid dienone is 4. The van der Waals surface area contributed by atoms with Crippen LogP contribution in [0.5, 0.6) is 0 Å². The molecule has 3 nitrogen and oxygen atoms in total. The van der Waals surface area contributed by atoms with E-state index in [-0.39, 0.29) is 0 Å². The van der Waals surface area contributed by atoms with Gasteiger partial charge in [0.15, 0.2) is 0 Å². The lowest BCUT2D eigenvalue weighted by molar-refractivity contribution is 0.327. The van der Waals surface area contributed by atoms with Crippen LogP contribution in [0.4, 0.5) is 34.1 Å². The molecule has 1 aliphatic rings. The third-order valence-electron chi connectivity index (χ3n) is 18.2. The minimum absolute atomic E-state index is 0.775. The smallest absolute Gasteiger partial charge is 0.123 e. The van der Waals surface area contributed by atoms with Crippen molar-refractivity contribution in [3.8, 4) is 22.3 Å². The summed E-state index contributed by atoms with van der Waals surface area (Å²) in [5.41, 5.74) is 27.4. The third-order valence-corrected chi connectivity index (χ3v) is 18.2. The van der Waals surface area contributed by atoms with Crippen molar-refractivity contribution in [3.05, 3.63) is 480 Å². The van der Waals surface area contributed by atoms with Crippen LogP contribution < -0.4 is 9.80 Å². The van der Waals surface area contributed by atoms with E-state index in [1.807, 2.05) is 0 Å². The zero-order valence-corrected chi connectivity index (χ0v) is 55.4. The first-order chi connectivity index (χ1) is 49.6. The van der Waals surface area contributed by atoms with Gasteiger partial charge < -0.3 is 14.5 Å². The van der Waals surface area contributed by atoms with Gasteiger partial charge in [0.25, 0.3) is 0 Å². The molecule has 3 heteroatoms. The van der Waals surface area contributed by atoms with E-state index in [1.165, 1.54) is 55.7 Å². The normalized spacial score (nSPS) is 11.9. The van der Waals surface area contributed by atoms with E-state index in [9.17, 15) is 0 Å². The number of para-hydroxylation sites is 2. The molecule has 0 fully saturated rings. The van der Waals surface area contributed by atoms with Crippen LogP contribution in [0, 0.1) is 0 Å². The van der Waals surface area contributed by atoms with Gasteiger partial charge in [0.1, 0.15) is 11.5 Å². The Hall–Kier alpha value is -13.1. The molecule has 0 radical (unpaired) electrons. The molecule has 0 unspecified atom stereocenters. The molecule has 476 valence electrons.